The van der Waals surface area contributed by atoms with Gasteiger partial charge in [0.05, 0.1) is 5.52 Å². The van der Waals surface area contributed by atoms with Gasteiger partial charge in [-0.05, 0) is 24.3 Å². The zero-order valence-corrected chi connectivity index (χ0v) is 9.71. The van der Waals surface area contributed by atoms with Crippen LogP contribution in [0.3, 0.4) is 0 Å². The van der Waals surface area contributed by atoms with Crippen molar-refractivity contribution in [2.75, 3.05) is 5.73 Å². The third-order valence-electron chi connectivity index (χ3n) is 2.96. The van der Waals surface area contributed by atoms with Crippen LogP contribution in [-0.4, -0.2) is 10.5 Å². The first-order valence-corrected chi connectivity index (χ1v) is 5.73. The number of hydrogen-bond donors (Lipinski definition) is 1. The summed E-state index contributed by atoms with van der Waals surface area (Å²) in [6.07, 6.45) is 0. The average Bonchev–Trinajstić information content (AvgIpc) is 2.75. The molecule has 0 atom stereocenters. The summed E-state index contributed by atoms with van der Waals surface area (Å²) in [7, 11) is 0. The third-order valence-corrected chi connectivity index (χ3v) is 2.96. The highest BCUT2D eigenvalue weighted by Crippen LogP contribution is 2.22. The highest BCUT2D eigenvalue weighted by molar-refractivity contribution is 6.04. The van der Waals surface area contributed by atoms with Gasteiger partial charge in [0.15, 0.2) is 0 Å². The van der Waals surface area contributed by atoms with E-state index < -0.39 is 0 Å². The molecule has 0 aliphatic carbocycles. The van der Waals surface area contributed by atoms with Gasteiger partial charge in [-0.15, -0.1) is 0 Å². The molecule has 1 aromatic heterocycles. The predicted molar refractivity (Wildman–Crippen MR) is 72.5 cm³/mol. The summed E-state index contributed by atoms with van der Waals surface area (Å²) in [5.74, 6) is 0.361. The lowest BCUT2D eigenvalue weighted by Gasteiger charge is -2.06. The van der Waals surface area contributed by atoms with Gasteiger partial charge in [0.2, 0.25) is 0 Å². The summed E-state index contributed by atoms with van der Waals surface area (Å²) < 4.78 is 1.55. The van der Waals surface area contributed by atoms with Crippen molar-refractivity contribution in [1.82, 2.24) is 4.57 Å². The standard InChI is InChI=1S/C15H12N2O/c16-14-10-12-8-4-5-9-13(12)17(14)15(18)11-6-2-1-3-7-11/h1-10H,16H2. The normalized spacial score (nSPS) is 10.7. The number of nitrogens with two attached hydrogens (primary N) is 1. The van der Waals surface area contributed by atoms with Gasteiger partial charge in [-0.2, -0.15) is 0 Å². The summed E-state index contributed by atoms with van der Waals surface area (Å²) in [6.45, 7) is 0. The van der Waals surface area contributed by atoms with Crippen LogP contribution in [0, 0.1) is 0 Å². The number of nitrogens with zero attached hydrogens (tertiary/aromatic N) is 1. The number of aromatic nitrogens is 1. The maximum atomic E-state index is 12.4. The number of anilines is 1. The molecule has 0 saturated carbocycles. The Morgan fingerprint density at radius 1 is 0.944 bits per heavy atom. The van der Waals surface area contributed by atoms with Gasteiger partial charge in [0.25, 0.3) is 5.91 Å². The van der Waals surface area contributed by atoms with Gasteiger partial charge in [-0.3, -0.25) is 9.36 Å². The van der Waals surface area contributed by atoms with E-state index in [1.165, 1.54) is 0 Å². The van der Waals surface area contributed by atoms with E-state index in [9.17, 15) is 4.79 Å². The van der Waals surface area contributed by atoms with Crippen LogP contribution in [0.2, 0.25) is 0 Å². The van der Waals surface area contributed by atoms with Crippen LogP contribution in [0.15, 0.2) is 60.7 Å². The van der Waals surface area contributed by atoms with Crippen molar-refractivity contribution >= 4 is 22.6 Å². The lowest BCUT2D eigenvalue weighted by atomic mass is 10.2. The summed E-state index contributed by atoms with van der Waals surface area (Å²) in [5, 5.41) is 0.972. The molecular formula is C15H12N2O. The fourth-order valence-electron chi connectivity index (χ4n) is 2.11. The van der Waals surface area contributed by atoms with E-state index in [4.69, 9.17) is 5.73 Å². The molecule has 0 aliphatic heterocycles. The molecule has 2 N–H and O–H groups in total. The predicted octanol–water partition coefficient (Wildman–Crippen LogP) is 2.91. The van der Waals surface area contributed by atoms with Crippen molar-refractivity contribution in [3.05, 3.63) is 66.2 Å². The van der Waals surface area contributed by atoms with Crippen LogP contribution in [0.25, 0.3) is 10.9 Å². The van der Waals surface area contributed by atoms with Gasteiger partial charge < -0.3 is 5.73 Å². The molecule has 0 fully saturated rings. The first-order chi connectivity index (χ1) is 8.77. The summed E-state index contributed by atoms with van der Waals surface area (Å²) in [4.78, 5) is 12.4. The largest absolute Gasteiger partial charge is 0.385 e. The lowest BCUT2D eigenvalue weighted by molar-refractivity contribution is 0.0967. The molecule has 3 nitrogen and oxygen atoms in total. The van der Waals surface area contributed by atoms with E-state index in [0.717, 1.165) is 10.9 Å². The molecule has 3 aromatic rings. The van der Waals surface area contributed by atoms with Crippen LogP contribution in [0.4, 0.5) is 5.82 Å². The Balaban J connectivity index is 2.21. The molecule has 3 rings (SSSR count). The molecule has 1 heterocycles. The molecule has 0 aliphatic rings. The Morgan fingerprint density at radius 3 is 2.39 bits per heavy atom. The van der Waals surface area contributed by atoms with Crippen molar-refractivity contribution in [2.24, 2.45) is 0 Å². The molecular weight excluding hydrogens is 224 g/mol. The van der Waals surface area contributed by atoms with E-state index in [2.05, 4.69) is 0 Å². The van der Waals surface area contributed by atoms with Crippen molar-refractivity contribution in [1.29, 1.82) is 0 Å². The first-order valence-electron chi connectivity index (χ1n) is 5.73. The first kappa shape index (κ1) is 10.6. The van der Waals surface area contributed by atoms with Gasteiger partial charge in [-0.25, -0.2) is 0 Å². The summed E-state index contributed by atoms with van der Waals surface area (Å²) in [5.41, 5.74) is 7.40. The monoisotopic (exact) mass is 236 g/mol. The van der Waals surface area contributed by atoms with E-state index in [0.29, 0.717) is 11.4 Å². The van der Waals surface area contributed by atoms with Gasteiger partial charge in [-0.1, -0.05) is 36.4 Å². The molecule has 88 valence electrons. The molecule has 2 aromatic carbocycles. The fraction of sp³-hybridized carbons (Fsp3) is 0. The zero-order chi connectivity index (χ0) is 12.5. The number of benzene rings is 2. The molecule has 0 saturated heterocycles. The number of hydrogen-bond acceptors (Lipinski definition) is 2. The Hall–Kier alpha value is -2.55. The van der Waals surface area contributed by atoms with Gasteiger partial charge in [0.1, 0.15) is 5.82 Å². The van der Waals surface area contributed by atoms with Crippen molar-refractivity contribution < 1.29 is 4.79 Å². The topological polar surface area (TPSA) is 48.0 Å². The van der Waals surface area contributed by atoms with Crippen LogP contribution < -0.4 is 5.73 Å². The molecule has 0 spiro atoms. The maximum Gasteiger partial charge on any atom is 0.263 e. The molecule has 3 heteroatoms. The molecule has 18 heavy (non-hydrogen) atoms. The quantitative estimate of drug-likeness (QED) is 0.706. The van der Waals surface area contributed by atoms with Gasteiger partial charge in [0, 0.05) is 10.9 Å². The van der Waals surface area contributed by atoms with Gasteiger partial charge >= 0.3 is 0 Å². The van der Waals surface area contributed by atoms with Crippen LogP contribution in [-0.2, 0) is 0 Å². The second-order valence-corrected chi connectivity index (χ2v) is 4.13. The molecule has 0 amide bonds. The molecule has 0 bridgehead atoms. The van der Waals surface area contributed by atoms with Crippen LogP contribution in [0.1, 0.15) is 10.4 Å². The van der Waals surface area contributed by atoms with E-state index >= 15 is 0 Å². The SMILES string of the molecule is Nc1cc2ccccc2n1C(=O)c1ccccc1. The lowest BCUT2D eigenvalue weighted by Crippen LogP contribution is -2.13. The number of carbonyl (C=O) groups is 1. The number of carbonyl (C=O) groups excluding carboxylic acids is 1. The average molecular weight is 236 g/mol. The summed E-state index contributed by atoms with van der Waals surface area (Å²) in [6, 6.07) is 18.6. The molecule has 0 unspecified atom stereocenters. The minimum atomic E-state index is -0.102. The highest BCUT2D eigenvalue weighted by atomic mass is 16.2. The summed E-state index contributed by atoms with van der Waals surface area (Å²) >= 11 is 0. The number of rotatable bonds is 1. The number of para-hydroxylation sites is 1. The van der Waals surface area contributed by atoms with Crippen molar-refractivity contribution in [3.8, 4) is 0 Å². The third kappa shape index (κ3) is 1.57. The minimum Gasteiger partial charge on any atom is -0.385 e. The fourth-order valence-corrected chi connectivity index (χ4v) is 2.11. The Labute approximate surface area is 104 Å². The van der Waals surface area contributed by atoms with Crippen LogP contribution in [0.5, 0.6) is 0 Å². The number of fused-ring (bicyclic) bond motifs is 1. The smallest absolute Gasteiger partial charge is 0.263 e. The van der Waals surface area contributed by atoms with E-state index in [1.54, 1.807) is 16.7 Å². The maximum absolute atomic E-state index is 12.4. The van der Waals surface area contributed by atoms with E-state index in [1.807, 2.05) is 48.5 Å². The number of nitrogen functional groups attached to an aromatic ring is 1. The Bertz CT molecular complexity index is 714. The Morgan fingerprint density at radius 2 is 1.61 bits per heavy atom. The van der Waals surface area contributed by atoms with Crippen molar-refractivity contribution in [3.63, 3.8) is 0 Å². The molecule has 0 radical (unpaired) electrons. The second kappa shape index (κ2) is 4.04. The zero-order valence-electron chi connectivity index (χ0n) is 9.71. The van der Waals surface area contributed by atoms with Crippen LogP contribution >= 0.6 is 0 Å². The Kier molecular flexibility index (Phi) is 2.38. The van der Waals surface area contributed by atoms with E-state index in [-0.39, 0.29) is 5.91 Å². The minimum absolute atomic E-state index is 0.102. The second-order valence-electron chi connectivity index (χ2n) is 4.13. The highest BCUT2D eigenvalue weighted by Gasteiger charge is 2.14. The van der Waals surface area contributed by atoms with Crippen molar-refractivity contribution in [2.45, 2.75) is 0 Å².